The fraction of sp³-hybridized carbons (Fsp3) is 0.500. The highest BCUT2D eigenvalue weighted by Crippen LogP contribution is 2.30. The molecule has 1 saturated carbocycles. The van der Waals surface area contributed by atoms with Gasteiger partial charge in [0.05, 0.1) is 5.56 Å². The maximum Gasteiger partial charge on any atom is 0.254 e. The summed E-state index contributed by atoms with van der Waals surface area (Å²) < 4.78 is 13.5. The predicted molar refractivity (Wildman–Crippen MR) is 72.5 cm³/mol. The molecule has 1 aliphatic rings. The minimum Gasteiger partial charge on any atom is -0.352 e. The normalized spacial score (nSPS) is 23.1. The van der Waals surface area contributed by atoms with Crippen LogP contribution in [-0.4, -0.2) is 12.5 Å². The van der Waals surface area contributed by atoms with E-state index in [1.807, 2.05) is 0 Å². The van der Waals surface area contributed by atoms with Crippen molar-refractivity contribution < 1.29 is 9.18 Å². The minimum absolute atomic E-state index is 0.0770. The van der Waals surface area contributed by atoms with Gasteiger partial charge >= 0.3 is 0 Å². The highest BCUT2D eigenvalue weighted by molar-refractivity contribution is 7.80. The van der Waals surface area contributed by atoms with Gasteiger partial charge in [-0.05, 0) is 36.5 Å². The molecule has 1 amide bonds. The Morgan fingerprint density at radius 2 is 2.28 bits per heavy atom. The summed E-state index contributed by atoms with van der Waals surface area (Å²) in [7, 11) is 0. The van der Waals surface area contributed by atoms with Crippen LogP contribution in [0.5, 0.6) is 0 Å². The van der Waals surface area contributed by atoms with Crippen LogP contribution in [0.1, 0.15) is 36.5 Å². The van der Waals surface area contributed by atoms with E-state index in [4.69, 9.17) is 0 Å². The Balaban J connectivity index is 1.97. The Kier molecular flexibility index (Phi) is 4.27. The van der Waals surface area contributed by atoms with Crippen LogP contribution < -0.4 is 5.32 Å². The quantitative estimate of drug-likeness (QED) is 0.809. The summed E-state index contributed by atoms with van der Waals surface area (Å²) >= 11 is 4.12. The highest BCUT2D eigenvalue weighted by Gasteiger charge is 2.24. The molecule has 0 heterocycles. The van der Waals surface area contributed by atoms with Crippen LogP contribution in [0.15, 0.2) is 23.1 Å². The van der Waals surface area contributed by atoms with Crippen molar-refractivity contribution in [3.8, 4) is 0 Å². The third-order valence-corrected chi connectivity index (χ3v) is 4.04. The molecule has 1 aromatic carbocycles. The summed E-state index contributed by atoms with van der Waals surface area (Å²) in [6, 6.07) is 4.27. The summed E-state index contributed by atoms with van der Waals surface area (Å²) in [6.07, 6.45) is 3.60. The van der Waals surface area contributed by atoms with E-state index < -0.39 is 5.82 Å². The molecule has 2 rings (SSSR count). The molecule has 1 fully saturated rings. The fourth-order valence-electron chi connectivity index (χ4n) is 2.53. The molecule has 0 saturated heterocycles. The van der Waals surface area contributed by atoms with Crippen molar-refractivity contribution in [1.82, 2.24) is 5.32 Å². The zero-order chi connectivity index (χ0) is 13.1. The van der Waals surface area contributed by atoms with Gasteiger partial charge in [0.1, 0.15) is 5.82 Å². The van der Waals surface area contributed by atoms with Gasteiger partial charge in [-0.15, -0.1) is 12.6 Å². The molecule has 98 valence electrons. The Morgan fingerprint density at radius 1 is 1.50 bits per heavy atom. The van der Waals surface area contributed by atoms with E-state index in [9.17, 15) is 9.18 Å². The first-order valence-corrected chi connectivity index (χ1v) is 6.79. The van der Waals surface area contributed by atoms with Gasteiger partial charge in [-0.25, -0.2) is 4.39 Å². The SMILES string of the molecule is CC1CCCC1CNC(=O)c1cc(S)ccc1F. The summed E-state index contributed by atoms with van der Waals surface area (Å²) in [5.74, 6) is 0.329. The van der Waals surface area contributed by atoms with E-state index in [1.165, 1.54) is 31.0 Å². The Hall–Kier alpha value is -1.03. The zero-order valence-corrected chi connectivity index (χ0v) is 11.3. The van der Waals surface area contributed by atoms with Crippen LogP contribution in [-0.2, 0) is 0 Å². The largest absolute Gasteiger partial charge is 0.352 e. The van der Waals surface area contributed by atoms with E-state index >= 15 is 0 Å². The van der Waals surface area contributed by atoms with Crippen molar-refractivity contribution in [3.63, 3.8) is 0 Å². The molecule has 2 nitrogen and oxygen atoms in total. The first kappa shape index (κ1) is 13.4. The van der Waals surface area contributed by atoms with Crippen molar-refractivity contribution in [3.05, 3.63) is 29.6 Å². The Morgan fingerprint density at radius 3 is 2.94 bits per heavy atom. The molecule has 0 bridgehead atoms. The summed E-state index contributed by atoms with van der Waals surface area (Å²) in [4.78, 5) is 12.5. The van der Waals surface area contributed by atoms with E-state index in [-0.39, 0.29) is 11.5 Å². The molecule has 0 radical (unpaired) electrons. The fourth-order valence-corrected chi connectivity index (χ4v) is 2.74. The van der Waals surface area contributed by atoms with Crippen molar-refractivity contribution in [2.75, 3.05) is 6.54 Å². The first-order valence-electron chi connectivity index (χ1n) is 6.34. The second kappa shape index (κ2) is 5.74. The van der Waals surface area contributed by atoms with Gasteiger partial charge < -0.3 is 5.32 Å². The van der Waals surface area contributed by atoms with Gasteiger partial charge in [0.15, 0.2) is 0 Å². The standard InChI is InChI=1S/C14H18FNOS/c1-9-3-2-4-10(9)8-16-14(17)12-7-11(18)5-6-13(12)15/h5-7,9-10,18H,2-4,8H2,1H3,(H,16,17). The number of carbonyl (C=O) groups is 1. The highest BCUT2D eigenvalue weighted by atomic mass is 32.1. The third-order valence-electron chi connectivity index (χ3n) is 3.76. The van der Waals surface area contributed by atoms with Crippen LogP contribution in [0.25, 0.3) is 0 Å². The van der Waals surface area contributed by atoms with Crippen molar-refractivity contribution >= 4 is 18.5 Å². The van der Waals surface area contributed by atoms with Crippen LogP contribution >= 0.6 is 12.6 Å². The van der Waals surface area contributed by atoms with Crippen molar-refractivity contribution in [2.45, 2.75) is 31.1 Å². The lowest BCUT2D eigenvalue weighted by atomic mass is 9.98. The average Bonchev–Trinajstić information content (AvgIpc) is 2.75. The monoisotopic (exact) mass is 267 g/mol. The lowest BCUT2D eigenvalue weighted by molar-refractivity contribution is 0.0940. The number of thiol groups is 1. The summed E-state index contributed by atoms with van der Waals surface area (Å²) in [5, 5.41) is 2.83. The molecule has 2 atom stereocenters. The van der Waals surface area contributed by atoms with Crippen LogP contribution in [0, 0.1) is 17.7 Å². The molecular formula is C14H18FNOS. The van der Waals surface area contributed by atoms with E-state index in [2.05, 4.69) is 24.9 Å². The number of nitrogens with one attached hydrogen (secondary N) is 1. The molecule has 4 heteroatoms. The Labute approximate surface area is 112 Å². The molecule has 1 aromatic rings. The smallest absolute Gasteiger partial charge is 0.254 e. The zero-order valence-electron chi connectivity index (χ0n) is 10.4. The van der Waals surface area contributed by atoms with Gasteiger partial charge in [0, 0.05) is 11.4 Å². The average molecular weight is 267 g/mol. The van der Waals surface area contributed by atoms with Gasteiger partial charge in [-0.1, -0.05) is 19.8 Å². The number of amides is 1. The maximum atomic E-state index is 13.5. The molecule has 0 aromatic heterocycles. The molecule has 2 unspecified atom stereocenters. The minimum atomic E-state index is -0.496. The van der Waals surface area contributed by atoms with Gasteiger partial charge in [0.25, 0.3) is 5.91 Å². The second-order valence-corrected chi connectivity index (χ2v) is 5.56. The number of carbonyl (C=O) groups excluding carboxylic acids is 1. The molecular weight excluding hydrogens is 249 g/mol. The van der Waals surface area contributed by atoms with E-state index in [1.54, 1.807) is 0 Å². The Bertz CT molecular complexity index is 449. The molecule has 0 aliphatic heterocycles. The number of hydrogen-bond acceptors (Lipinski definition) is 2. The topological polar surface area (TPSA) is 29.1 Å². The van der Waals surface area contributed by atoms with E-state index in [0.717, 1.165) is 6.42 Å². The number of benzene rings is 1. The summed E-state index contributed by atoms with van der Waals surface area (Å²) in [6.45, 7) is 2.84. The predicted octanol–water partition coefficient (Wildman–Crippen LogP) is 3.28. The van der Waals surface area contributed by atoms with Crippen molar-refractivity contribution in [1.29, 1.82) is 0 Å². The maximum absolute atomic E-state index is 13.5. The second-order valence-electron chi connectivity index (χ2n) is 5.04. The van der Waals surface area contributed by atoms with Crippen LogP contribution in [0.4, 0.5) is 4.39 Å². The number of halogens is 1. The van der Waals surface area contributed by atoms with Gasteiger partial charge in [-0.2, -0.15) is 0 Å². The summed E-state index contributed by atoms with van der Waals surface area (Å²) in [5.41, 5.74) is 0.0770. The number of rotatable bonds is 3. The van der Waals surface area contributed by atoms with Crippen molar-refractivity contribution in [2.24, 2.45) is 11.8 Å². The number of hydrogen-bond donors (Lipinski definition) is 2. The van der Waals surface area contributed by atoms with E-state index in [0.29, 0.717) is 23.3 Å². The lowest BCUT2D eigenvalue weighted by Gasteiger charge is -2.16. The molecule has 1 N–H and O–H groups in total. The molecule has 1 aliphatic carbocycles. The van der Waals surface area contributed by atoms with Gasteiger partial charge in [0.2, 0.25) is 0 Å². The van der Waals surface area contributed by atoms with Gasteiger partial charge in [-0.3, -0.25) is 4.79 Å². The first-order chi connectivity index (χ1) is 8.58. The lowest BCUT2D eigenvalue weighted by Crippen LogP contribution is -2.30. The molecule has 0 spiro atoms. The van der Waals surface area contributed by atoms with Crippen LogP contribution in [0.2, 0.25) is 0 Å². The molecule has 18 heavy (non-hydrogen) atoms. The van der Waals surface area contributed by atoms with Crippen LogP contribution in [0.3, 0.4) is 0 Å². The third kappa shape index (κ3) is 3.05.